The first-order valence-corrected chi connectivity index (χ1v) is 9.16. The Balaban J connectivity index is 1.82. The van der Waals surface area contributed by atoms with E-state index in [1.807, 2.05) is 85.8 Å². The van der Waals surface area contributed by atoms with Crippen molar-refractivity contribution in [2.45, 2.75) is 25.9 Å². The maximum absolute atomic E-state index is 13.0. The summed E-state index contributed by atoms with van der Waals surface area (Å²) in [6, 6.07) is 29.3. The molecule has 27 heavy (non-hydrogen) atoms. The van der Waals surface area contributed by atoms with Crippen LogP contribution in [0.1, 0.15) is 37.1 Å². The van der Waals surface area contributed by atoms with Crippen LogP contribution in [0.15, 0.2) is 91.0 Å². The van der Waals surface area contributed by atoms with Crippen LogP contribution >= 0.6 is 0 Å². The minimum absolute atomic E-state index is 0.0149. The van der Waals surface area contributed by atoms with E-state index < -0.39 is 0 Å². The van der Waals surface area contributed by atoms with Gasteiger partial charge in [0.1, 0.15) is 0 Å². The fraction of sp³-hybridized carbons (Fsp3) is 0.174. The van der Waals surface area contributed by atoms with Crippen LogP contribution in [0, 0.1) is 0 Å². The number of urea groups is 1. The number of nitrogens with one attached hydrogen (secondary N) is 2. The van der Waals surface area contributed by atoms with Gasteiger partial charge in [-0.1, -0.05) is 78.9 Å². The molecule has 0 fully saturated rings. The van der Waals surface area contributed by atoms with Gasteiger partial charge in [-0.2, -0.15) is 0 Å². The first kappa shape index (κ1) is 18.7. The molecule has 0 aliphatic heterocycles. The maximum Gasteiger partial charge on any atom is 0.336 e. The van der Waals surface area contributed by atoms with Crippen molar-refractivity contribution in [2.24, 2.45) is 0 Å². The van der Waals surface area contributed by atoms with Gasteiger partial charge >= 0.3 is 6.03 Å². The van der Waals surface area contributed by atoms with E-state index in [4.69, 9.17) is 0 Å². The number of para-hydroxylation sites is 1. The molecule has 4 heteroatoms. The molecule has 0 radical (unpaired) electrons. The summed E-state index contributed by atoms with van der Waals surface area (Å²) < 4.78 is 0. The summed E-state index contributed by atoms with van der Waals surface area (Å²) >= 11 is 0. The third kappa shape index (κ3) is 4.96. The second-order valence-electron chi connectivity index (χ2n) is 6.51. The van der Waals surface area contributed by atoms with E-state index in [1.54, 1.807) is 5.01 Å². The molecule has 3 aromatic rings. The van der Waals surface area contributed by atoms with Gasteiger partial charge in [0.2, 0.25) is 0 Å². The van der Waals surface area contributed by atoms with Crippen LogP contribution < -0.4 is 10.7 Å². The minimum atomic E-state index is -0.194. The minimum Gasteiger partial charge on any atom is -0.307 e. The Kier molecular flexibility index (Phi) is 6.23. The highest BCUT2D eigenvalue weighted by Gasteiger charge is 2.24. The Hall–Kier alpha value is -3.11. The molecule has 0 bridgehead atoms. The third-order valence-corrected chi connectivity index (χ3v) is 4.55. The summed E-state index contributed by atoms with van der Waals surface area (Å²) in [6.07, 6.45) is 0. The van der Waals surface area contributed by atoms with Crippen molar-refractivity contribution >= 4 is 11.7 Å². The molecule has 4 nitrogen and oxygen atoms in total. The highest BCUT2D eigenvalue weighted by atomic mass is 16.2. The van der Waals surface area contributed by atoms with Crippen molar-refractivity contribution in [1.82, 2.24) is 10.4 Å². The molecule has 0 heterocycles. The Morgan fingerprint density at radius 3 is 1.78 bits per heavy atom. The average Bonchev–Trinajstić information content (AvgIpc) is 2.73. The Bertz CT molecular complexity index is 837. The summed E-state index contributed by atoms with van der Waals surface area (Å²) in [5, 5.41) is 4.64. The molecule has 0 saturated carbocycles. The van der Waals surface area contributed by atoms with Crippen LogP contribution in [-0.4, -0.2) is 11.0 Å². The molecule has 0 spiro atoms. The van der Waals surface area contributed by atoms with E-state index in [0.717, 1.165) is 16.8 Å². The highest BCUT2D eigenvalue weighted by molar-refractivity contribution is 5.89. The van der Waals surface area contributed by atoms with Crippen molar-refractivity contribution in [2.75, 3.05) is 5.32 Å². The molecule has 0 saturated heterocycles. The van der Waals surface area contributed by atoms with E-state index >= 15 is 0 Å². The predicted molar refractivity (Wildman–Crippen MR) is 110 cm³/mol. The second-order valence-corrected chi connectivity index (χ2v) is 6.51. The van der Waals surface area contributed by atoms with Crippen molar-refractivity contribution in [1.29, 1.82) is 0 Å². The molecule has 3 aromatic carbocycles. The maximum atomic E-state index is 13.0. The van der Waals surface area contributed by atoms with Gasteiger partial charge in [0, 0.05) is 11.7 Å². The standard InChI is InChI=1S/C23H25N3O/c1-18(20-12-6-3-7-13-20)25-26(19(2)21-14-8-4-9-15-21)23(27)24-22-16-10-5-11-17-22/h3-19,25H,1-2H3,(H,24,27). The van der Waals surface area contributed by atoms with E-state index in [1.165, 1.54) is 0 Å². The van der Waals surface area contributed by atoms with Gasteiger partial charge in [0.25, 0.3) is 0 Å². The number of hydrogen-bond donors (Lipinski definition) is 2. The fourth-order valence-electron chi connectivity index (χ4n) is 2.96. The zero-order chi connectivity index (χ0) is 19.1. The van der Waals surface area contributed by atoms with Crippen molar-refractivity contribution in [3.05, 3.63) is 102 Å². The summed E-state index contributed by atoms with van der Waals surface area (Å²) in [6.45, 7) is 4.07. The summed E-state index contributed by atoms with van der Waals surface area (Å²) in [7, 11) is 0. The normalized spacial score (nSPS) is 12.8. The SMILES string of the molecule is CC(NN(C(=O)Nc1ccccc1)C(C)c1ccccc1)c1ccccc1. The van der Waals surface area contributed by atoms with Crippen LogP contribution in [0.3, 0.4) is 0 Å². The summed E-state index contributed by atoms with van der Waals surface area (Å²) in [5.41, 5.74) is 6.32. The van der Waals surface area contributed by atoms with Crippen molar-refractivity contribution in [3.63, 3.8) is 0 Å². The molecule has 0 aliphatic rings. The first-order chi connectivity index (χ1) is 13.1. The van der Waals surface area contributed by atoms with Gasteiger partial charge in [-0.3, -0.25) is 5.01 Å². The van der Waals surface area contributed by atoms with E-state index in [9.17, 15) is 4.79 Å². The average molecular weight is 359 g/mol. The van der Waals surface area contributed by atoms with Gasteiger partial charge in [0.05, 0.1) is 6.04 Å². The monoisotopic (exact) mass is 359 g/mol. The fourth-order valence-corrected chi connectivity index (χ4v) is 2.96. The lowest BCUT2D eigenvalue weighted by Crippen LogP contribution is -2.47. The Morgan fingerprint density at radius 1 is 0.741 bits per heavy atom. The van der Waals surface area contributed by atoms with Gasteiger partial charge in [0.15, 0.2) is 0 Å². The second kappa shape index (κ2) is 9.01. The van der Waals surface area contributed by atoms with Gasteiger partial charge in [-0.15, -0.1) is 0 Å². The molecule has 3 rings (SSSR count). The number of anilines is 1. The lowest BCUT2D eigenvalue weighted by atomic mass is 10.1. The molecule has 2 N–H and O–H groups in total. The van der Waals surface area contributed by atoms with Crippen molar-refractivity contribution < 1.29 is 4.79 Å². The Morgan fingerprint density at radius 2 is 1.22 bits per heavy atom. The number of rotatable bonds is 6. The number of carbonyl (C=O) groups excluding carboxylic acids is 1. The summed E-state index contributed by atoms with van der Waals surface area (Å²) in [4.78, 5) is 13.0. The lowest BCUT2D eigenvalue weighted by Gasteiger charge is -2.33. The predicted octanol–water partition coefficient (Wildman–Crippen LogP) is 5.55. The number of carbonyl (C=O) groups is 1. The van der Waals surface area contributed by atoms with Crippen molar-refractivity contribution in [3.8, 4) is 0 Å². The molecule has 0 aliphatic carbocycles. The largest absolute Gasteiger partial charge is 0.336 e. The zero-order valence-corrected chi connectivity index (χ0v) is 15.7. The molecule has 2 unspecified atom stereocenters. The van der Waals surface area contributed by atoms with Crippen LogP contribution in [-0.2, 0) is 0 Å². The third-order valence-electron chi connectivity index (χ3n) is 4.55. The van der Waals surface area contributed by atoms with E-state index in [-0.39, 0.29) is 18.1 Å². The Labute approximate surface area is 160 Å². The van der Waals surface area contributed by atoms with Crippen LogP contribution in [0.4, 0.5) is 10.5 Å². The molecular weight excluding hydrogens is 334 g/mol. The number of benzene rings is 3. The number of hydrogen-bond acceptors (Lipinski definition) is 2. The molecule has 138 valence electrons. The van der Waals surface area contributed by atoms with Gasteiger partial charge in [-0.25, -0.2) is 10.2 Å². The van der Waals surface area contributed by atoms with Gasteiger partial charge < -0.3 is 5.32 Å². The number of nitrogens with zero attached hydrogens (tertiary/aromatic N) is 1. The van der Waals surface area contributed by atoms with Crippen LogP contribution in [0.25, 0.3) is 0 Å². The van der Waals surface area contributed by atoms with Crippen LogP contribution in [0.5, 0.6) is 0 Å². The number of hydrazine groups is 1. The quantitative estimate of drug-likeness (QED) is 0.567. The smallest absolute Gasteiger partial charge is 0.307 e. The first-order valence-electron chi connectivity index (χ1n) is 9.16. The van der Waals surface area contributed by atoms with Crippen LogP contribution in [0.2, 0.25) is 0 Å². The van der Waals surface area contributed by atoms with E-state index in [0.29, 0.717) is 0 Å². The summed E-state index contributed by atoms with van der Waals surface area (Å²) in [5.74, 6) is 0. The topological polar surface area (TPSA) is 44.4 Å². The molecule has 2 atom stereocenters. The highest BCUT2D eigenvalue weighted by Crippen LogP contribution is 2.22. The molecular formula is C23H25N3O. The van der Waals surface area contributed by atoms with Gasteiger partial charge in [-0.05, 0) is 37.1 Å². The molecule has 0 aromatic heterocycles. The lowest BCUT2D eigenvalue weighted by molar-refractivity contribution is 0.141. The zero-order valence-electron chi connectivity index (χ0n) is 15.7. The molecule has 2 amide bonds. The number of amides is 2. The van der Waals surface area contributed by atoms with E-state index in [2.05, 4.69) is 29.8 Å².